The molecule has 2 atom stereocenters. The summed E-state index contributed by atoms with van der Waals surface area (Å²) in [6.07, 6.45) is -0.0248. The van der Waals surface area contributed by atoms with Gasteiger partial charge in [-0.1, -0.05) is 6.92 Å². The van der Waals surface area contributed by atoms with Gasteiger partial charge in [0.1, 0.15) is 5.82 Å². The van der Waals surface area contributed by atoms with E-state index in [1.165, 1.54) is 24.3 Å². The van der Waals surface area contributed by atoms with E-state index in [0.29, 0.717) is 12.1 Å². The van der Waals surface area contributed by atoms with E-state index in [9.17, 15) is 17.4 Å². The van der Waals surface area contributed by atoms with E-state index >= 15 is 0 Å². The summed E-state index contributed by atoms with van der Waals surface area (Å²) in [6, 6.07) is 5.49. The summed E-state index contributed by atoms with van der Waals surface area (Å²) >= 11 is -3.19. The maximum atomic E-state index is 13.2. The van der Waals surface area contributed by atoms with Crippen LogP contribution in [0, 0.1) is 5.82 Å². The van der Waals surface area contributed by atoms with Crippen LogP contribution in [-0.4, -0.2) is 26.6 Å². The quantitative estimate of drug-likeness (QED) is 0.782. The third-order valence-corrected chi connectivity index (χ3v) is 3.90. The SMILES string of the molecule is CCC(C)N(CCC(F)(F)S(=O)O)c1ccc(F)cc1. The standard InChI is InChI=1S/C13H18F3NO2S/c1-3-10(2)17(9-8-13(15,16)20(18)19)12-6-4-11(14)5-7-12/h4-7,10H,3,8-9H2,1-2H3,(H,18,19). The number of halogens is 3. The van der Waals surface area contributed by atoms with E-state index in [1.807, 2.05) is 13.8 Å². The first-order valence-electron chi connectivity index (χ1n) is 6.29. The molecule has 0 fully saturated rings. The molecule has 0 saturated carbocycles. The summed E-state index contributed by atoms with van der Waals surface area (Å²) in [5, 5.41) is -3.65. The lowest BCUT2D eigenvalue weighted by atomic mass is 10.1. The molecule has 3 nitrogen and oxygen atoms in total. The Bertz CT molecular complexity index is 453. The second-order valence-electron chi connectivity index (χ2n) is 4.56. The normalized spacial score (nSPS) is 14.9. The number of rotatable bonds is 7. The molecule has 0 aliphatic carbocycles. The van der Waals surface area contributed by atoms with E-state index in [0.717, 1.165) is 0 Å². The van der Waals surface area contributed by atoms with Gasteiger partial charge in [0.25, 0.3) is 0 Å². The van der Waals surface area contributed by atoms with Crippen molar-refractivity contribution >= 4 is 16.8 Å². The number of hydrogen-bond acceptors (Lipinski definition) is 2. The van der Waals surface area contributed by atoms with Crippen LogP contribution in [0.3, 0.4) is 0 Å². The summed E-state index contributed by atoms with van der Waals surface area (Å²) in [5.74, 6) is -0.403. The van der Waals surface area contributed by atoms with Crippen molar-refractivity contribution in [3.05, 3.63) is 30.1 Å². The highest BCUT2D eigenvalue weighted by molar-refractivity contribution is 7.80. The van der Waals surface area contributed by atoms with Crippen molar-refractivity contribution in [3.8, 4) is 0 Å². The molecular weight excluding hydrogens is 291 g/mol. The fraction of sp³-hybridized carbons (Fsp3) is 0.538. The maximum absolute atomic E-state index is 13.2. The largest absolute Gasteiger partial charge is 0.369 e. The highest BCUT2D eigenvalue weighted by Gasteiger charge is 2.37. The number of nitrogens with zero attached hydrogens (tertiary/aromatic N) is 1. The zero-order valence-electron chi connectivity index (χ0n) is 11.4. The van der Waals surface area contributed by atoms with Gasteiger partial charge < -0.3 is 9.45 Å². The maximum Gasteiger partial charge on any atom is 0.346 e. The zero-order valence-corrected chi connectivity index (χ0v) is 12.2. The average molecular weight is 309 g/mol. The third kappa shape index (κ3) is 4.49. The molecular formula is C13H18F3NO2S. The van der Waals surface area contributed by atoms with E-state index in [4.69, 9.17) is 4.55 Å². The summed E-state index contributed by atoms with van der Waals surface area (Å²) < 4.78 is 58.4. The Morgan fingerprint density at radius 2 is 1.90 bits per heavy atom. The highest BCUT2D eigenvalue weighted by atomic mass is 32.2. The Morgan fingerprint density at radius 1 is 1.35 bits per heavy atom. The second kappa shape index (κ2) is 7.08. The Morgan fingerprint density at radius 3 is 2.35 bits per heavy atom. The lowest BCUT2D eigenvalue weighted by molar-refractivity contribution is 0.0819. The number of alkyl halides is 2. The number of anilines is 1. The first-order chi connectivity index (χ1) is 9.27. The average Bonchev–Trinajstić information content (AvgIpc) is 2.40. The molecule has 1 rings (SSSR count). The Kier molecular flexibility index (Phi) is 6.01. The van der Waals surface area contributed by atoms with Crippen molar-refractivity contribution in [1.82, 2.24) is 0 Å². The molecule has 0 spiro atoms. The van der Waals surface area contributed by atoms with E-state index in [-0.39, 0.29) is 12.6 Å². The predicted octanol–water partition coefficient (Wildman–Crippen LogP) is 3.64. The molecule has 0 aromatic heterocycles. The molecule has 0 aliphatic heterocycles. The molecule has 114 valence electrons. The van der Waals surface area contributed by atoms with Gasteiger partial charge in [-0.25, -0.2) is 8.60 Å². The van der Waals surface area contributed by atoms with Gasteiger partial charge in [0.05, 0.1) is 0 Å². The lowest BCUT2D eigenvalue weighted by Gasteiger charge is -2.31. The van der Waals surface area contributed by atoms with Crippen LogP contribution in [0.5, 0.6) is 0 Å². The van der Waals surface area contributed by atoms with Crippen LogP contribution in [0.25, 0.3) is 0 Å². The molecule has 0 heterocycles. The number of hydrogen-bond donors (Lipinski definition) is 1. The summed E-state index contributed by atoms with van der Waals surface area (Å²) in [4.78, 5) is 1.68. The van der Waals surface area contributed by atoms with Crippen molar-refractivity contribution in [1.29, 1.82) is 0 Å². The molecule has 1 aromatic rings. The second-order valence-corrected chi connectivity index (χ2v) is 5.66. The molecule has 2 unspecified atom stereocenters. The van der Waals surface area contributed by atoms with Gasteiger partial charge in [-0.15, -0.1) is 0 Å². The van der Waals surface area contributed by atoms with Gasteiger partial charge in [-0.3, -0.25) is 0 Å². The van der Waals surface area contributed by atoms with Gasteiger partial charge in [0.15, 0.2) is 0 Å². The van der Waals surface area contributed by atoms with Crippen molar-refractivity contribution < 1.29 is 21.9 Å². The van der Waals surface area contributed by atoms with Gasteiger partial charge in [-0.2, -0.15) is 8.78 Å². The van der Waals surface area contributed by atoms with E-state index in [2.05, 4.69) is 0 Å². The molecule has 1 N–H and O–H groups in total. The summed E-state index contributed by atoms with van der Waals surface area (Å²) in [6.45, 7) is 3.68. The molecule has 7 heteroatoms. The highest BCUT2D eigenvalue weighted by Crippen LogP contribution is 2.26. The topological polar surface area (TPSA) is 40.5 Å². The minimum Gasteiger partial charge on any atom is -0.369 e. The van der Waals surface area contributed by atoms with Crippen LogP contribution in [0.1, 0.15) is 26.7 Å². The minimum atomic E-state index is -3.65. The minimum absolute atomic E-state index is 0.0385. The summed E-state index contributed by atoms with van der Waals surface area (Å²) in [7, 11) is 0. The lowest BCUT2D eigenvalue weighted by Crippen LogP contribution is -2.37. The van der Waals surface area contributed by atoms with Crippen LogP contribution in [-0.2, 0) is 11.1 Å². The Labute approximate surface area is 119 Å². The van der Waals surface area contributed by atoms with E-state index in [1.54, 1.807) is 4.90 Å². The summed E-state index contributed by atoms with van der Waals surface area (Å²) in [5.41, 5.74) is 0.611. The van der Waals surface area contributed by atoms with Crippen LogP contribution in [0.2, 0.25) is 0 Å². The van der Waals surface area contributed by atoms with Crippen LogP contribution in [0.4, 0.5) is 18.9 Å². The zero-order chi connectivity index (χ0) is 15.3. The van der Waals surface area contributed by atoms with Gasteiger partial charge >= 0.3 is 5.25 Å². The molecule has 0 radical (unpaired) electrons. The molecule has 0 aliphatic rings. The molecule has 0 bridgehead atoms. The predicted molar refractivity (Wildman–Crippen MR) is 73.8 cm³/mol. The van der Waals surface area contributed by atoms with Crippen molar-refractivity contribution in [2.24, 2.45) is 0 Å². The first kappa shape index (κ1) is 17.0. The van der Waals surface area contributed by atoms with Crippen molar-refractivity contribution in [2.75, 3.05) is 11.4 Å². The molecule has 0 saturated heterocycles. The Hall–Kier alpha value is -1.08. The molecule has 1 aromatic carbocycles. The smallest absolute Gasteiger partial charge is 0.346 e. The van der Waals surface area contributed by atoms with Crippen LogP contribution >= 0.6 is 0 Å². The number of benzene rings is 1. The van der Waals surface area contributed by atoms with Gasteiger partial charge in [-0.05, 0) is 37.6 Å². The Balaban J connectivity index is 2.86. The first-order valence-corrected chi connectivity index (χ1v) is 7.39. The van der Waals surface area contributed by atoms with Gasteiger partial charge in [0.2, 0.25) is 11.1 Å². The fourth-order valence-electron chi connectivity index (χ4n) is 1.79. The van der Waals surface area contributed by atoms with Crippen molar-refractivity contribution in [2.45, 2.75) is 38.0 Å². The fourth-order valence-corrected chi connectivity index (χ4v) is 2.06. The van der Waals surface area contributed by atoms with Crippen LogP contribution in [0.15, 0.2) is 24.3 Å². The third-order valence-electron chi connectivity index (χ3n) is 3.18. The molecule has 20 heavy (non-hydrogen) atoms. The monoisotopic (exact) mass is 309 g/mol. The van der Waals surface area contributed by atoms with E-state index < -0.39 is 28.6 Å². The molecule has 0 amide bonds. The van der Waals surface area contributed by atoms with Crippen LogP contribution < -0.4 is 4.90 Å². The van der Waals surface area contributed by atoms with Gasteiger partial charge in [0, 0.05) is 24.7 Å². The van der Waals surface area contributed by atoms with Crippen molar-refractivity contribution in [3.63, 3.8) is 0 Å².